The number of H-pyrrole nitrogens is 1. The Balaban J connectivity index is 2.15. The zero-order valence-corrected chi connectivity index (χ0v) is 10.6. The van der Waals surface area contributed by atoms with Gasteiger partial charge in [-0.05, 0) is 25.1 Å². The average Bonchev–Trinajstić information content (AvgIpc) is 2.36. The number of anilines is 1. The maximum atomic E-state index is 13.0. The zero-order valence-electron chi connectivity index (χ0n) is 10.6. The van der Waals surface area contributed by atoms with Crippen LogP contribution in [0.1, 0.15) is 5.56 Å². The second-order valence-electron chi connectivity index (χ2n) is 4.26. The van der Waals surface area contributed by atoms with Gasteiger partial charge in [0.05, 0.1) is 0 Å². The molecule has 20 heavy (non-hydrogen) atoms. The lowest BCUT2D eigenvalue weighted by Gasteiger charge is -2.07. The van der Waals surface area contributed by atoms with E-state index in [1.807, 2.05) is 0 Å². The lowest BCUT2D eigenvalue weighted by molar-refractivity contribution is -0.116. The lowest BCUT2D eigenvalue weighted by Crippen LogP contribution is -2.34. The Kier molecular flexibility index (Phi) is 3.79. The van der Waals surface area contributed by atoms with Gasteiger partial charge in [0.1, 0.15) is 12.4 Å². The van der Waals surface area contributed by atoms with Gasteiger partial charge in [0, 0.05) is 17.4 Å². The van der Waals surface area contributed by atoms with E-state index in [0.717, 1.165) is 4.57 Å². The number of hydrogen-bond donors (Lipinski definition) is 2. The molecule has 2 rings (SSSR count). The maximum absolute atomic E-state index is 13.0. The van der Waals surface area contributed by atoms with Crippen LogP contribution in [0.25, 0.3) is 0 Å². The van der Waals surface area contributed by atoms with E-state index in [0.29, 0.717) is 11.3 Å². The zero-order chi connectivity index (χ0) is 14.7. The Labute approximate surface area is 112 Å². The molecule has 0 aliphatic heterocycles. The van der Waals surface area contributed by atoms with Crippen molar-refractivity contribution >= 4 is 11.6 Å². The van der Waals surface area contributed by atoms with E-state index in [1.165, 1.54) is 37.4 Å². The summed E-state index contributed by atoms with van der Waals surface area (Å²) in [6.45, 7) is 1.26. The summed E-state index contributed by atoms with van der Waals surface area (Å²) in [6.07, 6.45) is 1.30. The molecule has 1 heterocycles. The Bertz CT molecular complexity index is 764. The van der Waals surface area contributed by atoms with E-state index in [2.05, 4.69) is 10.3 Å². The molecule has 0 atom stereocenters. The highest BCUT2D eigenvalue weighted by Gasteiger charge is 2.07. The average molecular weight is 277 g/mol. The van der Waals surface area contributed by atoms with Crippen LogP contribution in [-0.2, 0) is 11.3 Å². The van der Waals surface area contributed by atoms with Crippen molar-refractivity contribution in [2.24, 2.45) is 0 Å². The van der Waals surface area contributed by atoms with Crippen LogP contribution in [0.2, 0.25) is 0 Å². The van der Waals surface area contributed by atoms with Gasteiger partial charge in [-0.15, -0.1) is 0 Å². The fourth-order valence-corrected chi connectivity index (χ4v) is 1.66. The van der Waals surface area contributed by atoms with Gasteiger partial charge >= 0.3 is 5.69 Å². The molecule has 0 fully saturated rings. The summed E-state index contributed by atoms with van der Waals surface area (Å²) >= 11 is 0. The summed E-state index contributed by atoms with van der Waals surface area (Å²) in [4.78, 5) is 36.6. The molecule has 7 heteroatoms. The van der Waals surface area contributed by atoms with E-state index in [4.69, 9.17) is 0 Å². The number of rotatable bonds is 3. The van der Waals surface area contributed by atoms with Crippen molar-refractivity contribution < 1.29 is 9.18 Å². The normalized spacial score (nSPS) is 10.3. The number of halogens is 1. The van der Waals surface area contributed by atoms with Crippen LogP contribution in [0.4, 0.5) is 10.1 Å². The van der Waals surface area contributed by atoms with E-state index >= 15 is 0 Å². The molecule has 0 aliphatic carbocycles. The molecule has 0 saturated heterocycles. The highest BCUT2D eigenvalue weighted by molar-refractivity contribution is 5.90. The summed E-state index contributed by atoms with van der Waals surface area (Å²) in [5, 5.41) is 2.46. The molecule has 0 unspecified atom stereocenters. The third-order valence-corrected chi connectivity index (χ3v) is 2.61. The molecule has 1 amide bonds. The number of nitrogens with zero attached hydrogens (tertiary/aromatic N) is 1. The Hall–Kier alpha value is -2.70. The SMILES string of the molecule is Cc1cn(CC(=O)Nc2cccc(F)c2)c(=O)[nH]c1=O. The van der Waals surface area contributed by atoms with Gasteiger partial charge in [0.2, 0.25) is 5.91 Å². The minimum absolute atomic E-state index is 0.271. The first-order valence-corrected chi connectivity index (χ1v) is 5.81. The minimum atomic E-state index is -0.671. The van der Waals surface area contributed by atoms with Crippen molar-refractivity contribution in [2.45, 2.75) is 13.5 Å². The van der Waals surface area contributed by atoms with Crippen molar-refractivity contribution in [3.63, 3.8) is 0 Å². The highest BCUT2D eigenvalue weighted by Crippen LogP contribution is 2.08. The van der Waals surface area contributed by atoms with E-state index in [9.17, 15) is 18.8 Å². The molecule has 0 spiro atoms. The summed E-state index contributed by atoms with van der Waals surface area (Å²) in [5.41, 5.74) is -0.542. The number of amides is 1. The molecule has 0 bridgehead atoms. The predicted molar refractivity (Wildman–Crippen MR) is 71.1 cm³/mol. The standard InChI is InChI=1S/C13H12FN3O3/c1-8-6-17(13(20)16-12(8)19)7-11(18)15-10-4-2-3-9(14)5-10/h2-6H,7H2,1H3,(H,15,18)(H,16,19,20). The second kappa shape index (κ2) is 5.52. The summed E-state index contributed by atoms with van der Waals surface area (Å²) in [7, 11) is 0. The van der Waals surface area contributed by atoms with Crippen molar-refractivity contribution in [2.75, 3.05) is 5.32 Å². The molecular weight excluding hydrogens is 265 g/mol. The molecule has 2 N–H and O–H groups in total. The topological polar surface area (TPSA) is 84.0 Å². The molecule has 104 valence electrons. The number of aromatic amines is 1. The summed E-state index contributed by atoms with van der Waals surface area (Å²) in [6, 6.07) is 5.41. The van der Waals surface area contributed by atoms with Gasteiger partial charge in [0.25, 0.3) is 5.56 Å². The molecule has 1 aromatic carbocycles. The number of carbonyl (C=O) groups excluding carboxylic acids is 1. The highest BCUT2D eigenvalue weighted by atomic mass is 19.1. The van der Waals surface area contributed by atoms with Gasteiger partial charge in [-0.25, -0.2) is 9.18 Å². The fourth-order valence-electron chi connectivity index (χ4n) is 1.66. The molecular formula is C13H12FN3O3. The maximum Gasteiger partial charge on any atom is 0.328 e. The molecule has 1 aromatic heterocycles. The first-order valence-electron chi connectivity index (χ1n) is 5.81. The first kappa shape index (κ1) is 13.7. The van der Waals surface area contributed by atoms with Crippen LogP contribution in [0.5, 0.6) is 0 Å². The van der Waals surface area contributed by atoms with Crippen molar-refractivity contribution in [1.29, 1.82) is 0 Å². The van der Waals surface area contributed by atoms with Crippen molar-refractivity contribution in [1.82, 2.24) is 9.55 Å². The quantitative estimate of drug-likeness (QED) is 0.862. The monoisotopic (exact) mass is 277 g/mol. The van der Waals surface area contributed by atoms with Crippen LogP contribution < -0.4 is 16.6 Å². The van der Waals surface area contributed by atoms with E-state index in [-0.39, 0.29) is 6.54 Å². The van der Waals surface area contributed by atoms with Crippen LogP contribution in [0.15, 0.2) is 40.1 Å². The van der Waals surface area contributed by atoms with Gasteiger partial charge in [0.15, 0.2) is 0 Å². The number of nitrogens with one attached hydrogen (secondary N) is 2. The van der Waals surface area contributed by atoms with Crippen LogP contribution >= 0.6 is 0 Å². The minimum Gasteiger partial charge on any atom is -0.324 e. The number of carbonyl (C=O) groups is 1. The fraction of sp³-hybridized carbons (Fsp3) is 0.154. The van der Waals surface area contributed by atoms with Crippen LogP contribution in [0, 0.1) is 12.7 Å². The molecule has 2 aromatic rings. The number of aryl methyl sites for hydroxylation is 1. The number of hydrogen-bond acceptors (Lipinski definition) is 3. The van der Waals surface area contributed by atoms with E-state index < -0.39 is 23.0 Å². The summed E-state index contributed by atoms with van der Waals surface area (Å²) < 4.78 is 14.0. The second-order valence-corrected chi connectivity index (χ2v) is 4.26. The molecule has 0 radical (unpaired) electrons. The van der Waals surface area contributed by atoms with Crippen molar-refractivity contribution in [3.8, 4) is 0 Å². The Morgan fingerprint density at radius 3 is 2.85 bits per heavy atom. The summed E-state index contributed by atoms with van der Waals surface area (Å²) in [5.74, 6) is -0.969. The number of aromatic nitrogens is 2. The lowest BCUT2D eigenvalue weighted by atomic mass is 10.3. The third kappa shape index (κ3) is 3.19. The van der Waals surface area contributed by atoms with Crippen LogP contribution in [-0.4, -0.2) is 15.5 Å². The molecule has 6 nitrogen and oxygen atoms in total. The van der Waals surface area contributed by atoms with Gasteiger partial charge < -0.3 is 5.32 Å². The molecule has 0 saturated carbocycles. The van der Waals surface area contributed by atoms with Gasteiger partial charge in [-0.2, -0.15) is 0 Å². The van der Waals surface area contributed by atoms with Crippen molar-refractivity contribution in [3.05, 3.63) is 62.7 Å². The molecule has 0 aliphatic rings. The number of benzene rings is 1. The Morgan fingerprint density at radius 1 is 1.40 bits per heavy atom. The van der Waals surface area contributed by atoms with Gasteiger partial charge in [-0.1, -0.05) is 6.07 Å². The Morgan fingerprint density at radius 2 is 2.15 bits per heavy atom. The largest absolute Gasteiger partial charge is 0.328 e. The van der Waals surface area contributed by atoms with E-state index in [1.54, 1.807) is 0 Å². The van der Waals surface area contributed by atoms with Crippen LogP contribution in [0.3, 0.4) is 0 Å². The smallest absolute Gasteiger partial charge is 0.324 e. The first-order chi connectivity index (χ1) is 9.45. The third-order valence-electron chi connectivity index (χ3n) is 2.61. The van der Waals surface area contributed by atoms with Gasteiger partial charge in [-0.3, -0.25) is 19.1 Å². The predicted octanol–water partition coefficient (Wildman–Crippen LogP) is 0.623.